The zero-order valence-electron chi connectivity index (χ0n) is 20.5. The number of rotatable bonds is 10. The highest BCUT2D eigenvalue weighted by atomic mass is 16.5. The van der Waals surface area contributed by atoms with Crippen LogP contribution in [0.1, 0.15) is 23.1 Å². The molecule has 5 rings (SSSR count). The van der Waals surface area contributed by atoms with E-state index in [-0.39, 0.29) is 24.0 Å². The summed E-state index contributed by atoms with van der Waals surface area (Å²) >= 11 is 0. The van der Waals surface area contributed by atoms with E-state index in [1.807, 2.05) is 59.5 Å². The number of H-pyrrole nitrogens is 1. The summed E-state index contributed by atoms with van der Waals surface area (Å²) in [4.78, 5) is 20.9. The molecule has 1 unspecified atom stereocenters. The lowest BCUT2D eigenvalue weighted by atomic mass is 9.80. The summed E-state index contributed by atoms with van der Waals surface area (Å²) in [7, 11) is 0. The summed E-state index contributed by atoms with van der Waals surface area (Å²) in [6.45, 7) is 1.31. The van der Waals surface area contributed by atoms with E-state index < -0.39 is 5.60 Å². The van der Waals surface area contributed by atoms with Gasteiger partial charge in [0.05, 0.1) is 6.67 Å². The van der Waals surface area contributed by atoms with E-state index in [9.17, 15) is 9.90 Å². The molecule has 5 N–H and O–H groups in total. The van der Waals surface area contributed by atoms with Gasteiger partial charge in [0.2, 0.25) is 5.95 Å². The fraction of sp³-hybridized carbons (Fsp3) is 0.241. The number of hydrogen-bond acceptors (Lipinski definition) is 7. The smallest absolute Gasteiger partial charge is 0.277 e. The summed E-state index contributed by atoms with van der Waals surface area (Å²) in [5.41, 5.74) is 8.15. The van der Waals surface area contributed by atoms with Gasteiger partial charge in [-0.15, -0.1) is 0 Å². The Morgan fingerprint density at radius 2 is 1.49 bits per heavy atom. The standard InChI is InChI=1S/C29H31N5O3/c30-28-32-26-25(27(36)33-28)31-20-34(26)18-21(19-35)16-17-37-29(22-10-4-1-5-11-22,23-12-6-2-7-13-23)24-14-8-3-9-15-24/h1-15,21,31,35H,16-20H2,(H3,30,32,33,36). The first kappa shape index (κ1) is 24.5. The van der Waals surface area contributed by atoms with Crippen molar-refractivity contribution in [2.45, 2.75) is 12.0 Å². The Hall–Kier alpha value is -4.14. The highest BCUT2D eigenvalue weighted by molar-refractivity contribution is 5.70. The summed E-state index contributed by atoms with van der Waals surface area (Å²) in [5.74, 6) is 0.475. The average molecular weight is 498 g/mol. The van der Waals surface area contributed by atoms with E-state index >= 15 is 0 Å². The molecular formula is C29H31N5O3. The van der Waals surface area contributed by atoms with Crippen LogP contribution in [0, 0.1) is 5.92 Å². The number of aromatic nitrogens is 2. The van der Waals surface area contributed by atoms with Gasteiger partial charge < -0.3 is 25.8 Å². The first-order chi connectivity index (χ1) is 18.1. The van der Waals surface area contributed by atoms with Crippen molar-refractivity contribution >= 4 is 17.5 Å². The van der Waals surface area contributed by atoms with E-state index in [4.69, 9.17) is 10.5 Å². The fourth-order valence-corrected chi connectivity index (χ4v) is 4.97. The zero-order chi connectivity index (χ0) is 25.7. The van der Waals surface area contributed by atoms with Gasteiger partial charge in [0, 0.05) is 25.7 Å². The third kappa shape index (κ3) is 4.94. The van der Waals surface area contributed by atoms with Crippen LogP contribution in [0.15, 0.2) is 95.8 Å². The summed E-state index contributed by atoms with van der Waals surface area (Å²) < 4.78 is 6.86. The second kappa shape index (κ2) is 10.9. The molecule has 0 fully saturated rings. The summed E-state index contributed by atoms with van der Waals surface area (Å²) in [5, 5.41) is 13.3. The van der Waals surface area contributed by atoms with E-state index in [1.54, 1.807) is 0 Å². The molecule has 0 saturated heterocycles. The molecule has 8 heteroatoms. The van der Waals surface area contributed by atoms with Crippen LogP contribution in [0.4, 0.5) is 17.5 Å². The molecule has 1 aromatic heterocycles. The average Bonchev–Trinajstić information content (AvgIpc) is 3.34. The zero-order valence-corrected chi connectivity index (χ0v) is 20.5. The Morgan fingerprint density at radius 1 is 0.946 bits per heavy atom. The van der Waals surface area contributed by atoms with Gasteiger partial charge in [-0.3, -0.25) is 9.78 Å². The molecule has 1 aliphatic heterocycles. The lowest BCUT2D eigenvalue weighted by molar-refractivity contribution is 0.00269. The van der Waals surface area contributed by atoms with Crippen molar-refractivity contribution in [2.75, 3.05) is 42.4 Å². The molecule has 0 amide bonds. The van der Waals surface area contributed by atoms with Gasteiger partial charge in [-0.25, -0.2) is 0 Å². The Bertz CT molecular complexity index is 1270. The van der Waals surface area contributed by atoms with Crippen molar-refractivity contribution < 1.29 is 9.84 Å². The summed E-state index contributed by atoms with van der Waals surface area (Å²) in [6, 6.07) is 30.7. The molecule has 2 heterocycles. The minimum atomic E-state index is -0.811. The third-order valence-corrected chi connectivity index (χ3v) is 6.79. The predicted molar refractivity (Wildman–Crippen MR) is 145 cm³/mol. The van der Waals surface area contributed by atoms with Crippen LogP contribution in [-0.2, 0) is 10.3 Å². The number of benzene rings is 3. The minimum Gasteiger partial charge on any atom is -0.396 e. The fourth-order valence-electron chi connectivity index (χ4n) is 4.97. The monoisotopic (exact) mass is 497 g/mol. The first-order valence-corrected chi connectivity index (χ1v) is 12.4. The highest BCUT2D eigenvalue weighted by Crippen LogP contribution is 2.40. The second-order valence-corrected chi connectivity index (χ2v) is 9.17. The van der Waals surface area contributed by atoms with Gasteiger partial charge in [-0.2, -0.15) is 4.98 Å². The van der Waals surface area contributed by atoms with Crippen molar-refractivity contribution in [1.82, 2.24) is 9.97 Å². The van der Waals surface area contributed by atoms with E-state index in [0.717, 1.165) is 16.7 Å². The van der Waals surface area contributed by atoms with Gasteiger partial charge in [0.15, 0.2) is 5.82 Å². The molecule has 0 bridgehead atoms. The molecule has 190 valence electrons. The van der Waals surface area contributed by atoms with Gasteiger partial charge in [0.1, 0.15) is 11.3 Å². The quantitative estimate of drug-likeness (QED) is 0.248. The van der Waals surface area contributed by atoms with Crippen molar-refractivity contribution in [1.29, 1.82) is 0 Å². The third-order valence-electron chi connectivity index (χ3n) is 6.79. The van der Waals surface area contributed by atoms with Crippen LogP contribution in [0.25, 0.3) is 0 Å². The molecule has 0 radical (unpaired) electrons. The number of fused-ring (bicyclic) bond motifs is 1. The number of nitrogens with zero attached hydrogens (tertiary/aromatic N) is 2. The van der Waals surface area contributed by atoms with Crippen molar-refractivity contribution in [3.05, 3.63) is 118 Å². The van der Waals surface area contributed by atoms with Gasteiger partial charge >= 0.3 is 0 Å². The van der Waals surface area contributed by atoms with Crippen LogP contribution >= 0.6 is 0 Å². The number of aromatic amines is 1. The van der Waals surface area contributed by atoms with Crippen molar-refractivity contribution in [2.24, 2.45) is 5.92 Å². The molecule has 0 spiro atoms. The van der Waals surface area contributed by atoms with Crippen LogP contribution in [0.3, 0.4) is 0 Å². The summed E-state index contributed by atoms with van der Waals surface area (Å²) in [6.07, 6.45) is 0.606. The Kier molecular flexibility index (Phi) is 7.20. The number of ether oxygens (including phenoxy) is 1. The molecule has 37 heavy (non-hydrogen) atoms. The number of hydrogen-bond donors (Lipinski definition) is 4. The molecule has 4 aromatic rings. The number of aliphatic hydroxyl groups excluding tert-OH is 1. The lowest BCUT2D eigenvalue weighted by Crippen LogP contribution is -2.35. The molecule has 3 aromatic carbocycles. The van der Waals surface area contributed by atoms with Crippen LogP contribution in [0.2, 0.25) is 0 Å². The lowest BCUT2D eigenvalue weighted by Gasteiger charge is -2.36. The molecular weight excluding hydrogens is 466 g/mol. The number of nitrogen functional groups attached to an aromatic ring is 1. The maximum absolute atomic E-state index is 12.2. The van der Waals surface area contributed by atoms with Gasteiger partial charge in [0.25, 0.3) is 5.56 Å². The molecule has 1 atom stereocenters. The van der Waals surface area contributed by atoms with E-state index in [2.05, 4.69) is 51.7 Å². The highest BCUT2D eigenvalue weighted by Gasteiger charge is 2.37. The Labute approximate surface area is 215 Å². The molecule has 0 saturated carbocycles. The SMILES string of the molecule is Nc1nc2c(c(=O)[nH]1)NCN2CC(CO)CCOC(c1ccccc1)(c1ccccc1)c1ccccc1. The largest absolute Gasteiger partial charge is 0.396 e. The van der Waals surface area contributed by atoms with Crippen molar-refractivity contribution in [3.8, 4) is 0 Å². The van der Waals surface area contributed by atoms with Crippen molar-refractivity contribution in [3.63, 3.8) is 0 Å². The van der Waals surface area contributed by atoms with Gasteiger partial charge in [-0.1, -0.05) is 91.0 Å². The minimum absolute atomic E-state index is 0.0249. The van der Waals surface area contributed by atoms with E-state index in [1.165, 1.54) is 0 Å². The normalized spacial score (nSPS) is 13.7. The molecule has 8 nitrogen and oxygen atoms in total. The maximum Gasteiger partial charge on any atom is 0.277 e. The molecule has 1 aliphatic rings. The number of nitrogens with one attached hydrogen (secondary N) is 2. The number of aliphatic hydroxyl groups is 1. The van der Waals surface area contributed by atoms with Crippen LogP contribution < -0.4 is 21.5 Å². The van der Waals surface area contributed by atoms with Gasteiger partial charge in [-0.05, 0) is 23.1 Å². The van der Waals surface area contributed by atoms with E-state index in [0.29, 0.717) is 37.7 Å². The van der Waals surface area contributed by atoms with Crippen LogP contribution in [0.5, 0.6) is 0 Å². The predicted octanol–water partition coefficient (Wildman–Crippen LogP) is 3.55. The molecule has 0 aliphatic carbocycles. The number of nitrogens with two attached hydrogens (primary N) is 1. The Morgan fingerprint density at radius 3 is 2.00 bits per heavy atom. The van der Waals surface area contributed by atoms with Crippen LogP contribution in [-0.4, -0.2) is 41.5 Å². The first-order valence-electron chi connectivity index (χ1n) is 12.4. The second-order valence-electron chi connectivity index (χ2n) is 9.17. The maximum atomic E-state index is 12.2. The number of anilines is 3. The topological polar surface area (TPSA) is 116 Å². The Balaban J connectivity index is 1.40.